The lowest BCUT2D eigenvalue weighted by Gasteiger charge is -2.25. The first-order chi connectivity index (χ1) is 8.09. The van der Waals surface area contributed by atoms with E-state index in [9.17, 15) is 4.79 Å². The van der Waals surface area contributed by atoms with Gasteiger partial charge in [-0.05, 0) is 50.1 Å². The summed E-state index contributed by atoms with van der Waals surface area (Å²) in [6, 6.07) is 0.349. The first-order valence-corrected chi connectivity index (χ1v) is 7.10. The Morgan fingerprint density at radius 3 is 2.59 bits per heavy atom. The largest absolute Gasteiger partial charge is 0.353 e. The van der Waals surface area contributed by atoms with Crippen LogP contribution in [0.25, 0.3) is 0 Å². The van der Waals surface area contributed by atoms with Gasteiger partial charge in [-0.2, -0.15) is 0 Å². The van der Waals surface area contributed by atoms with Gasteiger partial charge in [0.2, 0.25) is 5.91 Å². The van der Waals surface area contributed by atoms with Crippen molar-refractivity contribution in [3.05, 3.63) is 0 Å². The van der Waals surface area contributed by atoms with E-state index < -0.39 is 0 Å². The maximum Gasteiger partial charge on any atom is 0.223 e. The fraction of sp³-hybridized carbons (Fsp3) is 0.929. The van der Waals surface area contributed by atoms with Crippen LogP contribution in [0.1, 0.15) is 46.5 Å². The van der Waals surface area contributed by atoms with Gasteiger partial charge in [0.15, 0.2) is 0 Å². The lowest BCUT2D eigenvalue weighted by Crippen LogP contribution is -2.40. The van der Waals surface area contributed by atoms with Gasteiger partial charge in [-0.3, -0.25) is 4.79 Å². The van der Waals surface area contributed by atoms with Crippen molar-refractivity contribution in [3.8, 4) is 0 Å². The number of carbonyl (C=O) groups is 1. The first-order valence-electron chi connectivity index (χ1n) is 7.10. The Balaban J connectivity index is 1.85. The summed E-state index contributed by atoms with van der Waals surface area (Å²) in [6.45, 7) is 8.69. The molecule has 2 N–H and O–H groups in total. The Bertz CT molecular complexity index is 282. The Morgan fingerprint density at radius 1 is 1.41 bits per heavy atom. The molecule has 0 radical (unpaired) electrons. The van der Waals surface area contributed by atoms with Gasteiger partial charge < -0.3 is 10.6 Å². The van der Waals surface area contributed by atoms with Crippen LogP contribution in [0, 0.1) is 17.3 Å². The van der Waals surface area contributed by atoms with Crippen molar-refractivity contribution in [2.24, 2.45) is 17.3 Å². The number of hydrogen-bond donors (Lipinski definition) is 2. The van der Waals surface area contributed by atoms with Crippen LogP contribution in [0.5, 0.6) is 0 Å². The summed E-state index contributed by atoms with van der Waals surface area (Å²) in [5.74, 6) is 1.15. The maximum absolute atomic E-state index is 12.2. The average molecular weight is 238 g/mol. The molecule has 1 spiro atoms. The third-order valence-corrected chi connectivity index (χ3v) is 4.68. The fourth-order valence-electron chi connectivity index (χ4n) is 3.22. The molecule has 2 rings (SSSR count). The van der Waals surface area contributed by atoms with E-state index in [-0.39, 0.29) is 0 Å². The number of carbonyl (C=O) groups excluding carboxylic acids is 1. The van der Waals surface area contributed by atoms with E-state index in [1.54, 1.807) is 0 Å². The molecule has 2 fully saturated rings. The van der Waals surface area contributed by atoms with E-state index in [4.69, 9.17) is 0 Å². The summed E-state index contributed by atoms with van der Waals surface area (Å²) in [7, 11) is 0. The quantitative estimate of drug-likeness (QED) is 0.786. The van der Waals surface area contributed by atoms with Crippen molar-refractivity contribution in [1.29, 1.82) is 0 Å². The van der Waals surface area contributed by atoms with Gasteiger partial charge in [0, 0.05) is 12.0 Å². The number of piperidine rings is 1. The topological polar surface area (TPSA) is 41.1 Å². The molecule has 2 aliphatic rings. The maximum atomic E-state index is 12.2. The van der Waals surface area contributed by atoms with Gasteiger partial charge in [-0.15, -0.1) is 0 Å². The second-order valence-electron chi connectivity index (χ2n) is 6.14. The smallest absolute Gasteiger partial charge is 0.223 e. The van der Waals surface area contributed by atoms with Crippen LogP contribution >= 0.6 is 0 Å². The van der Waals surface area contributed by atoms with E-state index in [2.05, 4.69) is 31.4 Å². The minimum Gasteiger partial charge on any atom is -0.353 e. The number of rotatable bonds is 4. The lowest BCUT2D eigenvalue weighted by molar-refractivity contribution is -0.124. The Morgan fingerprint density at radius 2 is 2.06 bits per heavy atom. The van der Waals surface area contributed by atoms with E-state index in [1.807, 2.05) is 0 Å². The van der Waals surface area contributed by atoms with Crippen molar-refractivity contribution >= 4 is 5.91 Å². The van der Waals surface area contributed by atoms with E-state index in [1.165, 1.54) is 12.8 Å². The molecule has 17 heavy (non-hydrogen) atoms. The van der Waals surface area contributed by atoms with Gasteiger partial charge in [0.05, 0.1) is 0 Å². The monoisotopic (exact) mass is 238 g/mol. The van der Waals surface area contributed by atoms with Crippen molar-refractivity contribution in [1.82, 2.24) is 10.6 Å². The highest BCUT2D eigenvalue weighted by Gasteiger charge is 2.57. The normalized spacial score (nSPS) is 28.1. The van der Waals surface area contributed by atoms with Crippen molar-refractivity contribution in [3.63, 3.8) is 0 Å². The van der Waals surface area contributed by atoms with Gasteiger partial charge in [0.1, 0.15) is 0 Å². The molecule has 0 aromatic carbocycles. The summed E-state index contributed by atoms with van der Waals surface area (Å²) < 4.78 is 0. The van der Waals surface area contributed by atoms with Crippen LogP contribution in [0.2, 0.25) is 0 Å². The zero-order chi connectivity index (χ0) is 12.5. The third kappa shape index (κ3) is 2.65. The molecule has 0 bridgehead atoms. The number of amides is 1. The van der Waals surface area contributed by atoms with Crippen molar-refractivity contribution < 1.29 is 4.79 Å². The molecule has 3 heteroatoms. The first kappa shape index (κ1) is 12.9. The predicted octanol–water partition coefficient (Wildman–Crippen LogP) is 1.93. The second kappa shape index (κ2) is 4.97. The number of nitrogens with one attached hydrogen (secondary N) is 2. The summed E-state index contributed by atoms with van der Waals surface area (Å²) in [5.41, 5.74) is 0.366. The molecule has 1 saturated heterocycles. The second-order valence-corrected chi connectivity index (χ2v) is 6.14. The van der Waals surface area contributed by atoms with Crippen molar-refractivity contribution in [2.75, 3.05) is 13.1 Å². The van der Waals surface area contributed by atoms with Gasteiger partial charge in [-0.25, -0.2) is 0 Å². The fourth-order valence-corrected chi connectivity index (χ4v) is 3.22. The minimum absolute atomic E-state index is 0.303. The molecule has 0 aromatic rings. The highest BCUT2D eigenvalue weighted by atomic mass is 16.2. The number of hydrogen-bond acceptors (Lipinski definition) is 2. The highest BCUT2D eigenvalue weighted by Crippen LogP contribution is 2.58. The SMILES string of the molecule is CCC(NC(=O)C1CC12CCNCC2)C(C)C. The zero-order valence-electron chi connectivity index (χ0n) is 11.4. The van der Waals surface area contributed by atoms with Crippen LogP contribution in [-0.4, -0.2) is 25.0 Å². The summed E-state index contributed by atoms with van der Waals surface area (Å²) in [4.78, 5) is 12.2. The molecule has 2 unspecified atom stereocenters. The zero-order valence-corrected chi connectivity index (χ0v) is 11.4. The molecule has 2 atom stereocenters. The molecule has 1 heterocycles. The predicted molar refractivity (Wildman–Crippen MR) is 69.7 cm³/mol. The summed E-state index contributed by atoms with van der Waals surface area (Å²) >= 11 is 0. The molecule has 1 amide bonds. The Hall–Kier alpha value is -0.570. The van der Waals surface area contributed by atoms with E-state index in [0.717, 1.165) is 25.9 Å². The highest BCUT2D eigenvalue weighted by molar-refractivity contribution is 5.82. The van der Waals surface area contributed by atoms with Crippen LogP contribution in [0.15, 0.2) is 0 Å². The van der Waals surface area contributed by atoms with E-state index in [0.29, 0.717) is 29.2 Å². The van der Waals surface area contributed by atoms with Gasteiger partial charge in [0.25, 0.3) is 0 Å². The van der Waals surface area contributed by atoms with Crippen LogP contribution in [-0.2, 0) is 4.79 Å². The lowest BCUT2D eigenvalue weighted by atomic mass is 9.91. The summed E-state index contributed by atoms with van der Waals surface area (Å²) in [6.07, 6.45) is 4.52. The molecule has 0 aromatic heterocycles. The summed E-state index contributed by atoms with van der Waals surface area (Å²) in [5, 5.41) is 6.62. The van der Waals surface area contributed by atoms with Gasteiger partial charge >= 0.3 is 0 Å². The van der Waals surface area contributed by atoms with Crippen molar-refractivity contribution in [2.45, 2.75) is 52.5 Å². The molecular weight excluding hydrogens is 212 g/mol. The molecular formula is C14H26N2O. The average Bonchev–Trinajstić information content (AvgIpc) is 3.00. The van der Waals surface area contributed by atoms with Crippen LogP contribution in [0.4, 0.5) is 0 Å². The molecule has 98 valence electrons. The van der Waals surface area contributed by atoms with Crippen LogP contribution < -0.4 is 10.6 Å². The molecule has 1 aliphatic carbocycles. The molecule has 1 aliphatic heterocycles. The third-order valence-electron chi connectivity index (χ3n) is 4.68. The minimum atomic E-state index is 0.303. The Labute approximate surface area is 105 Å². The van der Waals surface area contributed by atoms with Gasteiger partial charge in [-0.1, -0.05) is 20.8 Å². The van der Waals surface area contributed by atoms with Crippen LogP contribution in [0.3, 0.4) is 0 Å². The van der Waals surface area contributed by atoms with E-state index >= 15 is 0 Å². The standard InChI is InChI=1S/C14H26N2O/c1-4-12(10(2)3)16-13(17)11-9-14(11)5-7-15-8-6-14/h10-12,15H,4-9H2,1-3H3,(H,16,17). The molecule has 1 saturated carbocycles. The molecule has 3 nitrogen and oxygen atoms in total. The Kier molecular flexibility index (Phi) is 3.76.